The van der Waals surface area contributed by atoms with Crippen LogP contribution in [0, 0.1) is 12.7 Å². The summed E-state index contributed by atoms with van der Waals surface area (Å²) in [4.78, 5) is 37.5. The minimum absolute atomic E-state index is 0.143. The van der Waals surface area contributed by atoms with E-state index in [4.69, 9.17) is 0 Å². The second-order valence-corrected chi connectivity index (χ2v) is 10.6. The van der Waals surface area contributed by atoms with E-state index in [1.807, 2.05) is 19.1 Å². The first kappa shape index (κ1) is 22.0. The number of thiazole rings is 2. The monoisotopic (exact) mass is 498 g/mol. The number of carbonyl (C=O) groups is 2. The standard InChI is InChI=1S/C23H19FN4O2S3/c1-13-27-19(20(33-13)14-5-7-15(24)8-6-14)23(30)28-12-31-10-16(28)9-25-22(29)17-3-2-4-18-21(17)32-11-26-18/h2-8,11,16H,9-10,12H2,1H3,(H,25,29)/t16-/m1/s1. The number of benzene rings is 2. The number of nitrogens with zero attached hydrogens (tertiary/aromatic N) is 3. The molecule has 0 unspecified atom stereocenters. The number of nitrogens with one attached hydrogen (secondary N) is 1. The van der Waals surface area contributed by atoms with Crippen molar-refractivity contribution in [3.8, 4) is 10.4 Å². The first-order valence-electron chi connectivity index (χ1n) is 10.2. The molecule has 1 saturated heterocycles. The van der Waals surface area contributed by atoms with Crippen molar-refractivity contribution in [3.05, 3.63) is 70.1 Å². The Kier molecular flexibility index (Phi) is 6.13. The summed E-state index contributed by atoms with van der Waals surface area (Å²) >= 11 is 4.50. The smallest absolute Gasteiger partial charge is 0.275 e. The van der Waals surface area contributed by atoms with Gasteiger partial charge in [0.05, 0.1) is 43.1 Å². The van der Waals surface area contributed by atoms with Crippen LogP contribution in [0.2, 0.25) is 0 Å². The summed E-state index contributed by atoms with van der Waals surface area (Å²) in [6.45, 7) is 2.20. The zero-order valence-electron chi connectivity index (χ0n) is 17.6. The highest BCUT2D eigenvalue weighted by Crippen LogP contribution is 2.33. The molecule has 0 saturated carbocycles. The van der Waals surface area contributed by atoms with Crippen LogP contribution in [0.25, 0.3) is 20.7 Å². The van der Waals surface area contributed by atoms with Gasteiger partial charge < -0.3 is 10.2 Å². The van der Waals surface area contributed by atoms with Gasteiger partial charge in [-0.15, -0.1) is 34.4 Å². The summed E-state index contributed by atoms with van der Waals surface area (Å²) in [6, 6.07) is 11.4. The highest BCUT2D eigenvalue weighted by molar-refractivity contribution is 7.99. The van der Waals surface area contributed by atoms with E-state index in [-0.39, 0.29) is 23.7 Å². The molecule has 1 N–H and O–H groups in total. The Labute approximate surface area is 201 Å². The number of hydrogen-bond donors (Lipinski definition) is 1. The lowest BCUT2D eigenvalue weighted by Gasteiger charge is -2.24. The molecule has 2 amide bonds. The molecule has 0 aliphatic carbocycles. The van der Waals surface area contributed by atoms with E-state index < -0.39 is 0 Å². The maximum Gasteiger partial charge on any atom is 0.275 e. The van der Waals surface area contributed by atoms with Crippen molar-refractivity contribution in [2.24, 2.45) is 0 Å². The average molecular weight is 499 g/mol. The Hall–Kier alpha value is -2.82. The van der Waals surface area contributed by atoms with Gasteiger partial charge in [-0.05, 0) is 36.8 Å². The molecule has 2 aromatic heterocycles. The van der Waals surface area contributed by atoms with Crippen LogP contribution in [0.3, 0.4) is 0 Å². The fourth-order valence-corrected chi connectivity index (χ4v) is 6.67. The molecule has 1 aliphatic heterocycles. The third-order valence-corrected chi connectivity index (χ3v) is 8.36. The topological polar surface area (TPSA) is 75.2 Å². The third kappa shape index (κ3) is 4.38. The molecule has 0 spiro atoms. The summed E-state index contributed by atoms with van der Waals surface area (Å²) in [5.41, 5.74) is 4.25. The van der Waals surface area contributed by atoms with E-state index in [0.29, 0.717) is 23.7 Å². The number of carbonyl (C=O) groups excluding carboxylic acids is 2. The fraction of sp³-hybridized carbons (Fsp3) is 0.217. The van der Waals surface area contributed by atoms with Crippen molar-refractivity contribution in [2.45, 2.75) is 13.0 Å². The maximum absolute atomic E-state index is 13.4. The SMILES string of the molecule is Cc1nc(C(=O)N2CSC[C@H]2CNC(=O)c2cccc3ncsc23)c(-c2ccc(F)cc2)s1. The van der Waals surface area contributed by atoms with E-state index in [9.17, 15) is 14.0 Å². The molecule has 3 heterocycles. The molecular formula is C23H19FN4O2S3. The highest BCUT2D eigenvalue weighted by atomic mass is 32.2. The molecule has 1 aliphatic rings. The minimum Gasteiger partial charge on any atom is -0.350 e. The molecule has 4 aromatic rings. The number of fused-ring (bicyclic) bond motifs is 1. The molecule has 1 atom stereocenters. The lowest BCUT2D eigenvalue weighted by atomic mass is 10.1. The number of thioether (sulfide) groups is 1. The van der Waals surface area contributed by atoms with Crippen LogP contribution >= 0.6 is 34.4 Å². The van der Waals surface area contributed by atoms with Crippen LogP contribution in [0.15, 0.2) is 48.0 Å². The van der Waals surface area contributed by atoms with Crippen LogP contribution in [0.1, 0.15) is 25.9 Å². The summed E-state index contributed by atoms with van der Waals surface area (Å²) in [5.74, 6) is 0.585. The first-order chi connectivity index (χ1) is 16.0. The summed E-state index contributed by atoms with van der Waals surface area (Å²) in [7, 11) is 0. The van der Waals surface area contributed by atoms with Crippen LogP contribution in [0.4, 0.5) is 4.39 Å². The van der Waals surface area contributed by atoms with Crippen molar-refractivity contribution in [3.63, 3.8) is 0 Å². The molecule has 33 heavy (non-hydrogen) atoms. The molecule has 10 heteroatoms. The molecule has 2 aromatic carbocycles. The van der Waals surface area contributed by atoms with Crippen molar-refractivity contribution in [1.82, 2.24) is 20.2 Å². The minimum atomic E-state index is -0.325. The molecule has 5 rings (SSSR count). The van der Waals surface area contributed by atoms with Crippen molar-refractivity contribution < 1.29 is 14.0 Å². The lowest BCUT2D eigenvalue weighted by molar-refractivity contribution is 0.0732. The van der Waals surface area contributed by atoms with Gasteiger partial charge in [-0.1, -0.05) is 18.2 Å². The molecule has 0 bridgehead atoms. The Morgan fingerprint density at radius 2 is 2.03 bits per heavy atom. The van der Waals surface area contributed by atoms with E-state index in [1.54, 1.807) is 40.4 Å². The van der Waals surface area contributed by atoms with Gasteiger partial charge in [0.2, 0.25) is 0 Å². The van der Waals surface area contributed by atoms with Gasteiger partial charge in [0.15, 0.2) is 0 Å². The fourth-order valence-electron chi connectivity index (χ4n) is 3.75. The Bertz CT molecular complexity index is 1340. The molecule has 168 valence electrons. The van der Waals surface area contributed by atoms with Crippen LogP contribution in [0.5, 0.6) is 0 Å². The Morgan fingerprint density at radius 3 is 2.85 bits per heavy atom. The third-order valence-electron chi connectivity index (χ3n) is 5.38. The molecule has 6 nitrogen and oxygen atoms in total. The Morgan fingerprint density at radius 1 is 1.21 bits per heavy atom. The van der Waals surface area contributed by atoms with E-state index in [0.717, 1.165) is 31.4 Å². The zero-order valence-corrected chi connectivity index (χ0v) is 20.0. The lowest BCUT2D eigenvalue weighted by Crippen LogP contribution is -2.44. The van der Waals surface area contributed by atoms with E-state index in [1.165, 1.54) is 34.8 Å². The second kappa shape index (κ2) is 9.20. The van der Waals surface area contributed by atoms with Crippen LogP contribution in [-0.2, 0) is 0 Å². The van der Waals surface area contributed by atoms with Gasteiger partial charge in [0.1, 0.15) is 11.5 Å². The van der Waals surface area contributed by atoms with Gasteiger partial charge in [-0.2, -0.15) is 0 Å². The number of aromatic nitrogens is 2. The molecular weight excluding hydrogens is 479 g/mol. The maximum atomic E-state index is 13.4. The van der Waals surface area contributed by atoms with Crippen molar-refractivity contribution in [1.29, 1.82) is 0 Å². The Balaban J connectivity index is 1.33. The van der Waals surface area contributed by atoms with Gasteiger partial charge in [-0.3, -0.25) is 9.59 Å². The number of rotatable bonds is 5. The predicted molar refractivity (Wildman–Crippen MR) is 131 cm³/mol. The summed E-state index contributed by atoms with van der Waals surface area (Å²) in [5, 5.41) is 3.76. The van der Waals surface area contributed by atoms with Crippen LogP contribution in [-0.4, -0.2) is 50.9 Å². The van der Waals surface area contributed by atoms with Crippen LogP contribution < -0.4 is 5.32 Å². The number of aryl methyl sites for hydroxylation is 1. The molecule has 1 fully saturated rings. The summed E-state index contributed by atoms with van der Waals surface area (Å²) in [6.07, 6.45) is 0. The second-order valence-electron chi connectivity index (χ2n) is 7.56. The van der Waals surface area contributed by atoms with E-state index >= 15 is 0 Å². The highest BCUT2D eigenvalue weighted by Gasteiger charge is 2.33. The quantitative estimate of drug-likeness (QED) is 0.427. The number of halogens is 1. The first-order valence-corrected chi connectivity index (χ1v) is 13.1. The number of amides is 2. The predicted octanol–water partition coefficient (Wildman–Crippen LogP) is 4.81. The summed E-state index contributed by atoms with van der Waals surface area (Å²) < 4.78 is 14.2. The van der Waals surface area contributed by atoms with Gasteiger partial charge in [0, 0.05) is 12.3 Å². The van der Waals surface area contributed by atoms with Crippen molar-refractivity contribution in [2.75, 3.05) is 18.2 Å². The number of hydrogen-bond acceptors (Lipinski definition) is 7. The van der Waals surface area contributed by atoms with E-state index in [2.05, 4.69) is 15.3 Å². The van der Waals surface area contributed by atoms with Crippen molar-refractivity contribution >= 4 is 56.5 Å². The van der Waals surface area contributed by atoms with Gasteiger partial charge in [0.25, 0.3) is 11.8 Å². The average Bonchev–Trinajstić information content (AvgIpc) is 3.56. The van der Waals surface area contributed by atoms with Gasteiger partial charge >= 0.3 is 0 Å². The normalized spacial score (nSPS) is 15.8. The zero-order chi connectivity index (χ0) is 22.9. The largest absolute Gasteiger partial charge is 0.350 e. The molecule has 0 radical (unpaired) electrons. The van der Waals surface area contributed by atoms with Gasteiger partial charge in [-0.25, -0.2) is 14.4 Å².